The summed E-state index contributed by atoms with van der Waals surface area (Å²) in [6, 6.07) is 9.71. The molecule has 9 heteroatoms. The predicted octanol–water partition coefficient (Wildman–Crippen LogP) is 3.30. The molecule has 4 aromatic rings. The van der Waals surface area contributed by atoms with E-state index in [0.29, 0.717) is 24.7 Å². The van der Waals surface area contributed by atoms with Crippen molar-refractivity contribution in [3.05, 3.63) is 67.4 Å². The van der Waals surface area contributed by atoms with E-state index >= 15 is 0 Å². The van der Waals surface area contributed by atoms with Crippen LogP contribution in [-0.4, -0.2) is 48.4 Å². The molecule has 166 valence electrons. The van der Waals surface area contributed by atoms with E-state index in [1.54, 1.807) is 18.5 Å². The number of carbonyl (C=O) groups excluding carboxylic acids is 1. The lowest BCUT2D eigenvalue weighted by Crippen LogP contribution is -2.26. The van der Waals surface area contributed by atoms with E-state index in [1.807, 2.05) is 36.2 Å². The van der Waals surface area contributed by atoms with Crippen molar-refractivity contribution in [2.75, 3.05) is 18.8 Å². The molecule has 0 spiro atoms. The Labute approximate surface area is 190 Å². The van der Waals surface area contributed by atoms with Gasteiger partial charge in [-0.25, -0.2) is 19.9 Å². The van der Waals surface area contributed by atoms with Gasteiger partial charge >= 0.3 is 6.01 Å². The van der Waals surface area contributed by atoms with E-state index in [0.717, 1.165) is 34.3 Å². The third-order valence-electron chi connectivity index (χ3n) is 6.00. The number of anilines is 1. The maximum absolute atomic E-state index is 12.2. The number of ether oxygens (including phenoxy) is 1. The molecule has 0 bridgehead atoms. The summed E-state index contributed by atoms with van der Waals surface area (Å²) in [4.78, 5) is 30.9. The highest BCUT2D eigenvalue weighted by Gasteiger charge is 2.32. The van der Waals surface area contributed by atoms with Crippen molar-refractivity contribution in [1.29, 1.82) is 0 Å². The lowest BCUT2D eigenvalue weighted by molar-refractivity contribution is -0.125. The second kappa shape index (κ2) is 8.34. The quantitative estimate of drug-likeness (QED) is 0.473. The van der Waals surface area contributed by atoms with Crippen LogP contribution in [0.25, 0.3) is 22.2 Å². The van der Waals surface area contributed by atoms with Crippen LogP contribution in [0.1, 0.15) is 18.0 Å². The third kappa shape index (κ3) is 3.67. The summed E-state index contributed by atoms with van der Waals surface area (Å²) in [6.45, 7) is 4.91. The van der Waals surface area contributed by atoms with E-state index in [-0.39, 0.29) is 17.8 Å². The maximum Gasteiger partial charge on any atom is 0.321 e. The van der Waals surface area contributed by atoms with Crippen molar-refractivity contribution < 1.29 is 9.53 Å². The van der Waals surface area contributed by atoms with Crippen LogP contribution in [0.5, 0.6) is 11.8 Å². The number of nitrogens with zero attached hydrogens (tertiary/aromatic N) is 6. The number of hydrogen-bond acceptors (Lipinski definition) is 7. The molecule has 0 saturated carbocycles. The minimum absolute atomic E-state index is 0.0539. The predicted molar refractivity (Wildman–Crippen MR) is 125 cm³/mol. The molecule has 2 N–H and O–H groups in total. The average molecular weight is 441 g/mol. The molecule has 1 aliphatic heterocycles. The summed E-state index contributed by atoms with van der Waals surface area (Å²) in [5, 5.41) is 0.809. The minimum Gasteiger partial charge on any atom is -0.424 e. The van der Waals surface area contributed by atoms with Gasteiger partial charge in [0, 0.05) is 49.7 Å². The summed E-state index contributed by atoms with van der Waals surface area (Å²) < 4.78 is 7.81. The highest BCUT2D eigenvalue weighted by Crippen LogP contribution is 2.42. The molecule has 0 aliphatic carbocycles. The third-order valence-corrected chi connectivity index (χ3v) is 6.00. The lowest BCUT2D eigenvalue weighted by atomic mass is 9.94. The Morgan fingerprint density at radius 2 is 1.94 bits per heavy atom. The number of rotatable bonds is 5. The number of nitrogens with two attached hydrogens (primary N) is 1. The zero-order valence-corrected chi connectivity index (χ0v) is 18.2. The molecule has 0 radical (unpaired) electrons. The Bertz CT molecular complexity index is 1330. The van der Waals surface area contributed by atoms with Gasteiger partial charge in [0.05, 0.1) is 5.39 Å². The number of nitrogen functional groups attached to an aromatic ring is 1. The molecule has 0 unspecified atom stereocenters. The van der Waals surface area contributed by atoms with Crippen LogP contribution in [0.4, 0.5) is 5.82 Å². The molecular weight excluding hydrogens is 418 g/mol. The molecule has 3 aromatic heterocycles. The summed E-state index contributed by atoms with van der Waals surface area (Å²) in [6.07, 6.45) is 6.94. The number of hydrogen-bond donors (Lipinski definition) is 1. The standard InChI is InChI=1S/C24H23N7O2/c1-3-18(32)31-12-9-16(13-31)21-19(20-22(25)28-14-29-23(20)30(21)2)15-5-7-17(8-6-15)33-24-26-10-4-11-27-24/h3-8,10-11,14,16H,1,9,12-13H2,2H3,(H2,25,28,29)/t16-/m0/s1. The first kappa shape index (κ1) is 20.6. The van der Waals surface area contributed by atoms with E-state index < -0.39 is 0 Å². The fourth-order valence-electron chi connectivity index (χ4n) is 4.51. The molecule has 5 rings (SSSR count). The molecule has 33 heavy (non-hydrogen) atoms. The van der Waals surface area contributed by atoms with E-state index in [4.69, 9.17) is 10.5 Å². The van der Waals surface area contributed by atoms with Gasteiger partial charge in [0.15, 0.2) is 0 Å². The molecule has 1 fully saturated rings. The summed E-state index contributed by atoms with van der Waals surface area (Å²) in [5.74, 6) is 1.13. The molecule has 1 atom stereocenters. The lowest BCUT2D eigenvalue weighted by Gasteiger charge is -2.17. The maximum atomic E-state index is 12.2. The van der Waals surface area contributed by atoms with E-state index in [1.165, 1.54) is 12.4 Å². The highest BCUT2D eigenvalue weighted by atomic mass is 16.5. The van der Waals surface area contributed by atoms with Gasteiger partial charge in [0.1, 0.15) is 23.5 Å². The van der Waals surface area contributed by atoms with E-state index in [9.17, 15) is 4.79 Å². The SMILES string of the molecule is C=CC(=O)N1CC[C@H](c2c(-c3ccc(Oc4ncccn4)cc3)c3c(N)ncnc3n2C)C1. The fourth-order valence-corrected chi connectivity index (χ4v) is 4.51. The Balaban J connectivity index is 1.58. The Kier molecular flexibility index (Phi) is 5.21. The number of likely N-dealkylation sites (tertiary alicyclic amines) is 1. The Morgan fingerprint density at radius 1 is 1.18 bits per heavy atom. The highest BCUT2D eigenvalue weighted by molar-refractivity contribution is 6.02. The second-order valence-corrected chi connectivity index (χ2v) is 7.91. The minimum atomic E-state index is -0.0539. The number of aromatic nitrogens is 5. The normalized spacial score (nSPS) is 15.7. The number of fused-ring (bicyclic) bond motifs is 1. The van der Waals surface area contributed by atoms with Crippen molar-refractivity contribution >= 4 is 22.8 Å². The Hall–Kier alpha value is -4.27. The zero-order chi connectivity index (χ0) is 22.9. The average Bonchev–Trinajstić information content (AvgIpc) is 3.43. The van der Waals surface area contributed by atoms with Crippen LogP contribution in [-0.2, 0) is 11.8 Å². The van der Waals surface area contributed by atoms with Crippen LogP contribution in [0.2, 0.25) is 0 Å². The van der Waals surface area contributed by atoms with Gasteiger partial charge in [0.25, 0.3) is 0 Å². The number of carbonyl (C=O) groups is 1. The Morgan fingerprint density at radius 3 is 2.67 bits per heavy atom. The summed E-state index contributed by atoms with van der Waals surface area (Å²) >= 11 is 0. The summed E-state index contributed by atoms with van der Waals surface area (Å²) in [7, 11) is 1.98. The van der Waals surface area contributed by atoms with Gasteiger partial charge in [0.2, 0.25) is 5.91 Å². The van der Waals surface area contributed by atoms with Crippen molar-refractivity contribution in [3.63, 3.8) is 0 Å². The molecule has 1 amide bonds. The zero-order valence-electron chi connectivity index (χ0n) is 18.2. The van der Waals surface area contributed by atoms with Gasteiger partial charge in [-0.15, -0.1) is 0 Å². The van der Waals surface area contributed by atoms with Crippen LogP contribution in [0.3, 0.4) is 0 Å². The first-order valence-corrected chi connectivity index (χ1v) is 10.6. The van der Waals surface area contributed by atoms with Crippen LogP contribution < -0.4 is 10.5 Å². The smallest absolute Gasteiger partial charge is 0.321 e. The second-order valence-electron chi connectivity index (χ2n) is 7.91. The van der Waals surface area contributed by atoms with Gasteiger partial charge in [-0.05, 0) is 36.3 Å². The van der Waals surface area contributed by atoms with Crippen LogP contribution in [0, 0.1) is 0 Å². The van der Waals surface area contributed by atoms with E-state index in [2.05, 4.69) is 31.1 Å². The molecule has 9 nitrogen and oxygen atoms in total. The van der Waals surface area contributed by atoms with Crippen LogP contribution in [0.15, 0.2) is 61.7 Å². The largest absolute Gasteiger partial charge is 0.424 e. The molecule has 1 aromatic carbocycles. The number of benzene rings is 1. The van der Waals surface area contributed by atoms with Gasteiger partial charge in [-0.3, -0.25) is 4.79 Å². The first-order valence-electron chi connectivity index (χ1n) is 10.6. The molecule has 4 heterocycles. The number of amides is 1. The topological polar surface area (TPSA) is 112 Å². The monoisotopic (exact) mass is 441 g/mol. The molecular formula is C24H23N7O2. The van der Waals surface area contributed by atoms with Crippen molar-refractivity contribution in [3.8, 4) is 22.9 Å². The van der Waals surface area contributed by atoms with Gasteiger partial charge in [-0.2, -0.15) is 0 Å². The van der Waals surface area contributed by atoms with Gasteiger partial charge < -0.3 is 19.9 Å². The first-order chi connectivity index (χ1) is 16.1. The number of aryl methyl sites for hydroxylation is 1. The summed E-state index contributed by atoms with van der Waals surface area (Å²) in [5.41, 5.74) is 10.1. The van der Waals surface area contributed by atoms with Gasteiger partial charge in [-0.1, -0.05) is 18.7 Å². The van der Waals surface area contributed by atoms with Crippen molar-refractivity contribution in [2.24, 2.45) is 7.05 Å². The molecule has 1 aliphatic rings. The van der Waals surface area contributed by atoms with Crippen LogP contribution >= 0.6 is 0 Å². The van der Waals surface area contributed by atoms with Crippen molar-refractivity contribution in [1.82, 2.24) is 29.4 Å². The molecule has 1 saturated heterocycles. The van der Waals surface area contributed by atoms with Crippen molar-refractivity contribution in [2.45, 2.75) is 12.3 Å². The fraction of sp³-hybridized carbons (Fsp3) is 0.208.